The number of fused-ring (bicyclic) bond motifs is 1. The number of amides is 2. The highest BCUT2D eigenvalue weighted by Gasteiger charge is 2.24. The molecule has 1 aliphatic rings. The van der Waals surface area contributed by atoms with Gasteiger partial charge in [-0.05, 0) is 66.3 Å². The van der Waals surface area contributed by atoms with Gasteiger partial charge in [0, 0.05) is 48.2 Å². The van der Waals surface area contributed by atoms with Crippen molar-refractivity contribution in [2.45, 2.75) is 51.3 Å². The molecule has 0 aliphatic carbocycles. The van der Waals surface area contributed by atoms with Crippen LogP contribution in [0.15, 0.2) is 54.6 Å². The number of hydrogen-bond acceptors (Lipinski definition) is 8. The van der Waals surface area contributed by atoms with Crippen molar-refractivity contribution in [2.75, 3.05) is 30.3 Å². The number of rotatable bonds is 11. The minimum absolute atomic E-state index is 0.183. The first-order valence-electron chi connectivity index (χ1n) is 14.5. The van der Waals surface area contributed by atoms with E-state index in [2.05, 4.69) is 28.5 Å². The number of aliphatic hydroxyl groups is 1. The standard InChI is InChI=1S/C32H37ClN6O3S/c1-2-4-22-16-26(38-32-27(22)28(34)29(43-32)30(35)41)39-13-11-24(12-14-39)36-18-25(40)20-7-9-21(10-8-20)31(42)37-17-19-5-3-6-23(33)15-19/h3,5-10,15-16,24-25,36,40H,2,4,11-14,17-18,34H2,1H3,(H2,35,41)(H,37,42). The van der Waals surface area contributed by atoms with Crippen LogP contribution in [0.1, 0.15) is 69.0 Å². The van der Waals surface area contributed by atoms with Gasteiger partial charge in [-0.25, -0.2) is 4.98 Å². The summed E-state index contributed by atoms with van der Waals surface area (Å²) < 4.78 is 0. The Labute approximate surface area is 260 Å². The van der Waals surface area contributed by atoms with Gasteiger partial charge in [-0.15, -0.1) is 11.3 Å². The van der Waals surface area contributed by atoms with E-state index in [1.807, 2.05) is 18.2 Å². The fourth-order valence-corrected chi connectivity index (χ4v) is 6.69. The fourth-order valence-electron chi connectivity index (χ4n) is 5.49. The number of nitrogens with one attached hydrogen (secondary N) is 2. The zero-order valence-electron chi connectivity index (χ0n) is 24.1. The maximum atomic E-state index is 12.6. The number of aliphatic hydroxyl groups excluding tert-OH is 1. The highest BCUT2D eigenvalue weighted by molar-refractivity contribution is 7.21. The van der Waals surface area contributed by atoms with Crippen LogP contribution in [0.2, 0.25) is 5.02 Å². The molecule has 0 spiro atoms. The Morgan fingerprint density at radius 1 is 1.16 bits per heavy atom. The highest BCUT2D eigenvalue weighted by Crippen LogP contribution is 2.37. The Morgan fingerprint density at radius 2 is 1.91 bits per heavy atom. The Kier molecular flexibility index (Phi) is 9.82. The third-order valence-electron chi connectivity index (χ3n) is 7.83. The van der Waals surface area contributed by atoms with Gasteiger partial charge in [-0.1, -0.05) is 49.2 Å². The summed E-state index contributed by atoms with van der Waals surface area (Å²) in [6.07, 6.45) is 2.91. The van der Waals surface area contributed by atoms with Crippen molar-refractivity contribution < 1.29 is 14.7 Å². The number of aromatic nitrogens is 1. The summed E-state index contributed by atoms with van der Waals surface area (Å²) in [5.74, 6) is 0.186. The first-order chi connectivity index (χ1) is 20.7. The number of halogens is 1. The molecule has 2 aromatic heterocycles. The number of aryl methyl sites for hydroxylation is 1. The summed E-state index contributed by atoms with van der Waals surface area (Å²) in [7, 11) is 0. The van der Waals surface area contributed by atoms with Crippen LogP contribution in [0, 0.1) is 0 Å². The number of nitrogens with zero attached hydrogens (tertiary/aromatic N) is 2. The summed E-state index contributed by atoms with van der Waals surface area (Å²) in [5.41, 5.74) is 15.6. The van der Waals surface area contributed by atoms with Crippen LogP contribution in [0.4, 0.5) is 11.5 Å². The maximum Gasteiger partial charge on any atom is 0.260 e. The van der Waals surface area contributed by atoms with Crippen LogP contribution in [0.5, 0.6) is 0 Å². The molecule has 1 fully saturated rings. The van der Waals surface area contributed by atoms with E-state index in [0.717, 1.165) is 71.5 Å². The lowest BCUT2D eigenvalue weighted by Crippen LogP contribution is -2.44. The van der Waals surface area contributed by atoms with Gasteiger partial charge in [0.15, 0.2) is 0 Å². The lowest BCUT2D eigenvalue weighted by atomic mass is 10.0. The third kappa shape index (κ3) is 7.27. The largest absolute Gasteiger partial charge is 0.397 e. The summed E-state index contributed by atoms with van der Waals surface area (Å²) in [4.78, 5) is 32.7. The Hall–Kier alpha value is -3.70. The van der Waals surface area contributed by atoms with E-state index >= 15 is 0 Å². The summed E-state index contributed by atoms with van der Waals surface area (Å²) >= 11 is 7.28. The minimum Gasteiger partial charge on any atom is -0.397 e. The number of pyridine rings is 1. The van der Waals surface area contributed by atoms with Crippen LogP contribution in [0.3, 0.4) is 0 Å². The first-order valence-corrected chi connectivity index (χ1v) is 15.7. The first kappa shape index (κ1) is 30.7. The lowest BCUT2D eigenvalue weighted by Gasteiger charge is -2.34. The second-order valence-corrected chi connectivity index (χ2v) is 12.3. The van der Waals surface area contributed by atoms with Crippen LogP contribution >= 0.6 is 22.9 Å². The summed E-state index contributed by atoms with van der Waals surface area (Å²) in [5, 5.41) is 18.7. The smallest absolute Gasteiger partial charge is 0.260 e. The number of primary amides is 1. The molecule has 3 heterocycles. The van der Waals surface area contributed by atoms with E-state index in [9.17, 15) is 14.7 Å². The number of carbonyl (C=O) groups is 2. The van der Waals surface area contributed by atoms with Gasteiger partial charge >= 0.3 is 0 Å². The topological polar surface area (TPSA) is 147 Å². The molecule has 9 nitrogen and oxygen atoms in total. The molecule has 1 unspecified atom stereocenters. The van der Waals surface area contributed by atoms with E-state index < -0.39 is 12.0 Å². The van der Waals surface area contributed by atoms with Crippen molar-refractivity contribution in [2.24, 2.45) is 5.73 Å². The van der Waals surface area contributed by atoms with Crippen LogP contribution in [-0.2, 0) is 13.0 Å². The van der Waals surface area contributed by atoms with Gasteiger partial charge in [0.05, 0.1) is 11.8 Å². The highest BCUT2D eigenvalue weighted by atomic mass is 35.5. The molecular weight excluding hydrogens is 584 g/mol. The van der Waals surface area contributed by atoms with E-state index in [-0.39, 0.29) is 11.9 Å². The van der Waals surface area contributed by atoms with Crippen molar-refractivity contribution in [3.05, 3.63) is 86.8 Å². The molecule has 1 saturated heterocycles. The monoisotopic (exact) mass is 620 g/mol. The Balaban J connectivity index is 1.13. The molecule has 4 aromatic rings. The zero-order valence-corrected chi connectivity index (χ0v) is 25.7. The van der Waals surface area contributed by atoms with Crippen molar-refractivity contribution >= 4 is 56.5 Å². The van der Waals surface area contributed by atoms with Gasteiger partial charge in [0.25, 0.3) is 11.8 Å². The zero-order chi connectivity index (χ0) is 30.5. The third-order valence-corrected chi connectivity index (χ3v) is 9.18. The average Bonchev–Trinajstić information content (AvgIpc) is 3.36. The molecule has 0 bridgehead atoms. The molecule has 43 heavy (non-hydrogen) atoms. The average molecular weight is 621 g/mol. The van der Waals surface area contributed by atoms with E-state index in [1.54, 1.807) is 30.3 Å². The normalized spacial score (nSPS) is 14.6. The van der Waals surface area contributed by atoms with Gasteiger partial charge in [0.2, 0.25) is 0 Å². The van der Waals surface area contributed by atoms with Crippen molar-refractivity contribution in [1.29, 1.82) is 0 Å². The van der Waals surface area contributed by atoms with Crippen LogP contribution in [0.25, 0.3) is 10.2 Å². The molecule has 0 radical (unpaired) electrons. The molecule has 0 saturated carbocycles. The predicted molar refractivity (Wildman–Crippen MR) is 174 cm³/mol. The van der Waals surface area contributed by atoms with E-state index in [4.69, 9.17) is 28.1 Å². The van der Waals surface area contributed by atoms with Crippen molar-refractivity contribution in [3.63, 3.8) is 0 Å². The quantitative estimate of drug-likeness (QED) is 0.162. The molecule has 226 valence electrons. The SMILES string of the molecule is CCCc1cc(N2CCC(NCC(O)c3ccc(C(=O)NCc4cccc(Cl)c4)cc3)CC2)nc2sc(C(N)=O)c(N)c12. The molecule has 2 amide bonds. The minimum atomic E-state index is -0.689. The number of piperidine rings is 1. The molecule has 11 heteroatoms. The number of nitrogens with two attached hydrogens (primary N) is 2. The summed E-state index contributed by atoms with van der Waals surface area (Å²) in [6.45, 7) is 4.56. The summed E-state index contributed by atoms with van der Waals surface area (Å²) in [6, 6.07) is 16.8. The van der Waals surface area contributed by atoms with Gasteiger partial charge in [-0.2, -0.15) is 0 Å². The molecule has 1 atom stereocenters. The number of nitrogen functional groups attached to an aromatic ring is 1. The van der Waals surface area contributed by atoms with Crippen LogP contribution in [-0.4, -0.2) is 47.6 Å². The lowest BCUT2D eigenvalue weighted by molar-refractivity contribution is 0.0949. The van der Waals surface area contributed by atoms with Gasteiger partial charge in [-0.3, -0.25) is 9.59 Å². The molecule has 7 N–H and O–H groups in total. The molecule has 5 rings (SSSR count). The maximum absolute atomic E-state index is 12.6. The van der Waals surface area contributed by atoms with Crippen molar-refractivity contribution in [1.82, 2.24) is 15.6 Å². The van der Waals surface area contributed by atoms with Gasteiger partial charge in [0.1, 0.15) is 15.5 Å². The number of benzene rings is 2. The van der Waals surface area contributed by atoms with E-state index in [1.165, 1.54) is 11.3 Å². The fraction of sp³-hybridized carbons (Fsp3) is 0.344. The molecule has 1 aliphatic heterocycles. The molecular formula is C32H37ClN6O3S. The van der Waals surface area contributed by atoms with Gasteiger partial charge < -0.3 is 32.1 Å². The Bertz CT molecular complexity index is 1600. The second-order valence-electron chi connectivity index (χ2n) is 10.9. The van der Waals surface area contributed by atoms with E-state index in [0.29, 0.717) is 34.2 Å². The number of anilines is 2. The predicted octanol–water partition coefficient (Wildman–Crippen LogP) is 4.81. The Morgan fingerprint density at radius 3 is 2.58 bits per heavy atom. The molecule has 2 aromatic carbocycles. The number of hydrogen-bond donors (Lipinski definition) is 5. The second kappa shape index (κ2) is 13.7. The van der Waals surface area contributed by atoms with Crippen LogP contribution < -0.4 is 27.0 Å². The number of carbonyl (C=O) groups excluding carboxylic acids is 2. The number of thiophene rings is 1. The van der Waals surface area contributed by atoms with Crippen molar-refractivity contribution in [3.8, 4) is 0 Å².